The third-order valence-corrected chi connectivity index (χ3v) is 5.68. The van der Waals surface area contributed by atoms with Crippen molar-refractivity contribution < 1.29 is 39.2 Å². The highest BCUT2D eigenvalue weighted by Gasteiger charge is 2.49. The molecule has 4 N–H and O–H groups in total. The van der Waals surface area contributed by atoms with Gasteiger partial charge in [-0.2, -0.15) is 0 Å². The lowest BCUT2D eigenvalue weighted by Crippen LogP contribution is -2.59. The van der Waals surface area contributed by atoms with Crippen molar-refractivity contribution in [1.82, 2.24) is 4.90 Å². The molecule has 1 spiro atoms. The summed E-state index contributed by atoms with van der Waals surface area (Å²) in [5.74, 6) is -0.467. The summed E-state index contributed by atoms with van der Waals surface area (Å²) in [6, 6.07) is 7.01. The molecule has 10 heteroatoms. The number of anilines is 1. The molecule has 1 aromatic carbocycles. The van der Waals surface area contributed by atoms with Crippen LogP contribution < -0.4 is 5.32 Å². The Morgan fingerprint density at radius 3 is 2.58 bits per heavy atom. The first-order valence-electron chi connectivity index (χ1n) is 9.98. The van der Waals surface area contributed by atoms with E-state index >= 15 is 0 Å². The smallest absolute Gasteiger partial charge is 0.325 e. The number of piperidine rings is 1. The van der Waals surface area contributed by atoms with Crippen molar-refractivity contribution in [3.8, 4) is 0 Å². The summed E-state index contributed by atoms with van der Waals surface area (Å²) in [4.78, 5) is 34.3. The second-order valence-corrected chi connectivity index (χ2v) is 7.95. The first-order chi connectivity index (χ1) is 14.7. The number of nitrogens with zero attached hydrogens (tertiary/aromatic N) is 1. The van der Waals surface area contributed by atoms with Crippen molar-refractivity contribution in [3.05, 3.63) is 29.8 Å². The number of carbonyl (C=O) groups excluding carboxylic acids is 2. The fourth-order valence-corrected chi connectivity index (χ4v) is 3.89. The van der Waals surface area contributed by atoms with Gasteiger partial charge in [-0.25, -0.2) is 0 Å². The molecule has 2 saturated heterocycles. The molecular formula is C21H30N2O8. The fourth-order valence-electron chi connectivity index (χ4n) is 3.89. The number of esters is 1. The topological polar surface area (TPSA) is 146 Å². The van der Waals surface area contributed by atoms with Crippen LogP contribution in [-0.4, -0.2) is 89.2 Å². The van der Waals surface area contributed by atoms with E-state index in [4.69, 9.17) is 14.6 Å². The van der Waals surface area contributed by atoms with Gasteiger partial charge < -0.3 is 35.0 Å². The van der Waals surface area contributed by atoms with Gasteiger partial charge in [-0.05, 0) is 38.0 Å². The van der Waals surface area contributed by atoms with Crippen LogP contribution in [0.15, 0.2) is 24.3 Å². The van der Waals surface area contributed by atoms with Gasteiger partial charge in [0.1, 0.15) is 12.6 Å². The third-order valence-electron chi connectivity index (χ3n) is 5.68. The normalized spacial score (nSPS) is 24.5. The SMILES string of the molecule is COC(=O)CNc1cccc(C(=O)N2CCC3(CC2)C[C@](C)(O)[C@@H](O)CO3)c1.O=CO. The van der Waals surface area contributed by atoms with Crippen LogP contribution in [0, 0.1) is 0 Å². The molecule has 2 atom stereocenters. The summed E-state index contributed by atoms with van der Waals surface area (Å²) in [6.07, 6.45) is 0.693. The minimum Gasteiger partial charge on any atom is -0.483 e. The van der Waals surface area contributed by atoms with Crippen LogP contribution in [-0.2, 0) is 19.1 Å². The summed E-state index contributed by atoms with van der Waals surface area (Å²) in [6.45, 7) is 2.56. The number of ether oxygens (including phenoxy) is 2. The molecule has 2 fully saturated rings. The molecule has 0 bridgehead atoms. The summed E-state index contributed by atoms with van der Waals surface area (Å²) in [7, 11) is 1.32. The number of likely N-dealkylation sites (tertiary alicyclic amines) is 1. The van der Waals surface area contributed by atoms with Gasteiger partial charge in [-0.1, -0.05) is 6.07 Å². The van der Waals surface area contributed by atoms with Gasteiger partial charge in [0.2, 0.25) is 0 Å². The van der Waals surface area contributed by atoms with Gasteiger partial charge in [0.05, 0.1) is 24.9 Å². The molecular weight excluding hydrogens is 408 g/mol. The second kappa shape index (κ2) is 10.6. The predicted molar refractivity (Wildman–Crippen MR) is 111 cm³/mol. The largest absolute Gasteiger partial charge is 0.483 e. The summed E-state index contributed by atoms with van der Waals surface area (Å²) in [5.41, 5.74) is -0.462. The van der Waals surface area contributed by atoms with Crippen LogP contribution in [0.3, 0.4) is 0 Å². The molecule has 0 radical (unpaired) electrons. The van der Waals surface area contributed by atoms with Crippen LogP contribution >= 0.6 is 0 Å². The number of carboxylic acid groups (broad SMARTS) is 1. The number of amides is 1. The lowest BCUT2D eigenvalue weighted by molar-refractivity contribution is -0.221. The predicted octanol–water partition coefficient (Wildman–Crippen LogP) is 0.479. The molecule has 2 aliphatic rings. The molecule has 10 nitrogen and oxygen atoms in total. The Kier molecular flexibility index (Phi) is 8.37. The number of benzene rings is 1. The van der Waals surface area contributed by atoms with Gasteiger partial charge in [0, 0.05) is 30.8 Å². The Bertz CT molecular complexity index is 774. The first-order valence-corrected chi connectivity index (χ1v) is 9.98. The minimum absolute atomic E-state index is 0.0312. The average Bonchev–Trinajstić information content (AvgIpc) is 2.75. The van der Waals surface area contributed by atoms with Crippen LogP contribution in [0.1, 0.15) is 36.5 Å². The molecule has 0 unspecified atom stereocenters. The first kappa shape index (κ1) is 24.6. The number of aliphatic hydroxyl groups excluding tert-OH is 1. The van der Waals surface area contributed by atoms with Gasteiger partial charge in [-0.3, -0.25) is 14.4 Å². The van der Waals surface area contributed by atoms with Gasteiger partial charge in [-0.15, -0.1) is 0 Å². The zero-order chi connectivity index (χ0) is 23.1. The Hall–Kier alpha value is -2.69. The van der Waals surface area contributed by atoms with Crippen LogP contribution in [0.2, 0.25) is 0 Å². The van der Waals surface area contributed by atoms with E-state index in [2.05, 4.69) is 10.1 Å². The van der Waals surface area contributed by atoms with Crippen molar-refractivity contribution in [2.45, 2.75) is 43.5 Å². The van der Waals surface area contributed by atoms with E-state index in [1.54, 1.807) is 36.1 Å². The highest BCUT2D eigenvalue weighted by atomic mass is 16.5. The number of rotatable bonds is 4. The maximum atomic E-state index is 12.9. The van der Waals surface area contributed by atoms with E-state index in [1.807, 2.05) is 0 Å². The number of hydrogen-bond acceptors (Lipinski definition) is 8. The standard InChI is InChI=1S/C20H28N2O6.CH2O2/c1-19(26)13-20(28-12-16(19)23)6-8-22(9-7-20)18(25)14-4-3-5-15(10-14)21-11-17(24)27-2;2-1-3/h3-5,10,16,21,23,26H,6-9,11-13H2,1-2H3;1H,(H,2,3)/t16-,19-;/m0./s1. The molecule has 31 heavy (non-hydrogen) atoms. The quantitative estimate of drug-likeness (QED) is 0.389. The zero-order valence-corrected chi connectivity index (χ0v) is 17.7. The van der Waals surface area contributed by atoms with Crippen LogP contribution in [0.4, 0.5) is 5.69 Å². The van der Waals surface area contributed by atoms with Gasteiger partial charge in [0.15, 0.2) is 0 Å². The molecule has 2 aliphatic heterocycles. The highest BCUT2D eigenvalue weighted by Crippen LogP contribution is 2.39. The van der Waals surface area contributed by atoms with E-state index in [-0.39, 0.29) is 31.5 Å². The van der Waals surface area contributed by atoms with Crippen molar-refractivity contribution in [3.63, 3.8) is 0 Å². The van der Waals surface area contributed by atoms with Crippen LogP contribution in [0.5, 0.6) is 0 Å². The summed E-state index contributed by atoms with van der Waals surface area (Å²) in [5, 5.41) is 30.1. The monoisotopic (exact) mass is 438 g/mol. The number of nitrogens with one attached hydrogen (secondary N) is 1. The van der Waals surface area contributed by atoms with Crippen molar-refractivity contribution in [2.24, 2.45) is 0 Å². The summed E-state index contributed by atoms with van der Waals surface area (Å²) >= 11 is 0. The van der Waals surface area contributed by atoms with Crippen molar-refractivity contribution >= 4 is 24.0 Å². The Labute approximate surface area is 180 Å². The highest BCUT2D eigenvalue weighted by molar-refractivity contribution is 5.95. The Balaban J connectivity index is 0.00000107. The maximum Gasteiger partial charge on any atom is 0.325 e. The van der Waals surface area contributed by atoms with E-state index in [0.29, 0.717) is 43.6 Å². The minimum atomic E-state index is -1.18. The zero-order valence-electron chi connectivity index (χ0n) is 17.7. The Morgan fingerprint density at radius 2 is 2.00 bits per heavy atom. The van der Waals surface area contributed by atoms with Gasteiger partial charge >= 0.3 is 5.97 Å². The molecule has 0 saturated carbocycles. The molecule has 3 rings (SSSR count). The molecule has 2 heterocycles. The molecule has 172 valence electrons. The lowest BCUT2D eigenvalue weighted by atomic mass is 9.76. The van der Waals surface area contributed by atoms with Crippen LogP contribution in [0.25, 0.3) is 0 Å². The summed E-state index contributed by atoms with van der Waals surface area (Å²) < 4.78 is 10.5. The Morgan fingerprint density at radius 1 is 1.35 bits per heavy atom. The lowest BCUT2D eigenvalue weighted by Gasteiger charge is -2.49. The van der Waals surface area contributed by atoms with Crippen molar-refractivity contribution in [1.29, 1.82) is 0 Å². The molecule has 1 amide bonds. The van der Waals surface area contributed by atoms with E-state index in [0.717, 1.165) is 0 Å². The van der Waals surface area contributed by atoms with E-state index in [9.17, 15) is 19.8 Å². The molecule has 0 aliphatic carbocycles. The third kappa shape index (κ3) is 6.39. The fraction of sp³-hybridized carbons (Fsp3) is 0.571. The second-order valence-electron chi connectivity index (χ2n) is 7.95. The number of hydrogen-bond donors (Lipinski definition) is 4. The molecule has 1 aromatic rings. The average molecular weight is 438 g/mol. The van der Waals surface area contributed by atoms with Crippen molar-refractivity contribution in [2.75, 3.05) is 38.7 Å². The van der Waals surface area contributed by atoms with E-state index < -0.39 is 17.3 Å². The number of methoxy groups -OCH3 is 1. The van der Waals surface area contributed by atoms with Gasteiger partial charge in [0.25, 0.3) is 12.4 Å². The molecule has 0 aromatic heterocycles. The van der Waals surface area contributed by atoms with E-state index in [1.165, 1.54) is 7.11 Å². The number of aliphatic hydroxyl groups is 2. The maximum absolute atomic E-state index is 12.9. The number of carbonyl (C=O) groups is 3.